The second-order valence-corrected chi connectivity index (χ2v) is 9.77. The normalized spacial score (nSPS) is 15.0. The molecule has 1 fully saturated rings. The Bertz CT molecular complexity index is 1190. The molecular weight excluding hydrogens is 424 g/mol. The highest BCUT2D eigenvalue weighted by Gasteiger charge is 2.30. The van der Waals surface area contributed by atoms with Crippen LogP contribution in [0.5, 0.6) is 5.75 Å². The minimum absolute atomic E-state index is 0.389. The Balaban J connectivity index is 1.48. The van der Waals surface area contributed by atoms with Crippen molar-refractivity contribution in [3.05, 3.63) is 65.9 Å². The molecule has 1 aliphatic heterocycles. The van der Waals surface area contributed by atoms with Crippen LogP contribution in [0, 0.1) is 13.8 Å². The maximum Gasteiger partial charge on any atom is 0.243 e. The number of piperazine rings is 1. The van der Waals surface area contributed by atoms with Crippen LogP contribution in [0.4, 0.5) is 5.95 Å². The molecule has 2 aromatic carbocycles. The number of rotatable bonds is 6. The highest BCUT2D eigenvalue weighted by molar-refractivity contribution is 7.89. The Hall–Kier alpha value is -2.97. The SMILES string of the molecule is CCOc1ccc(-c2ccnc(N3CCN(S(=O)(=O)c4cc(C)ccc4C)CC3)n2)cc1. The maximum absolute atomic E-state index is 13.2. The zero-order valence-corrected chi connectivity index (χ0v) is 19.5. The first-order chi connectivity index (χ1) is 15.4. The summed E-state index contributed by atoms with van der Waals surface area (Å²) in [5.41, 5.74) is 3.51. The van der Waals surface area contributed by atoms with Crippen molar-refractivity contribution in [2.45, 2.75) is 25.7 Å². The van der Waals surface area contributed by atoms with Crippen molar-refractivity contribution in [3.63, 3.8) is 0 Å². The lowest BCUT2D eigenvalue weighted by Crippen LogP contribution is -2.49. The number of aromatic nitrogens is 2. The first kappa shape index (κ1) is 22.2. The van der Waals surface area contributed by atoms with Gasteiger partial charge in [-0.2, -0.15) is 4.31 Å². The smallest absolute Gasteiger partial charge is 0.243 e. The summed E-state index contributed by atoms with van der Waals surface area (Å²) in [7, 11) is -3.53. The third kappa shape index (κ3) is 4.61. The molecular formula is C24H28N4O3S. The lowest BCUT2D eigenvalue weighted by atomic mass is 10.1. The fourth-order valence-electron chi connectivity index (χ4n) is 3.80. The van der Waals surface area contributed by atoms with E-state index in [-0.39, 0.29) is 0 Å². The average molecular weight is 453 g/mol. The van der Waals surface area contributed by atoms with Crippen molar-refractivity contribution >= 4 is 16.0 Å². The summed E-state index contributed by atoms with van der Waals surface area (Å²) in [5, 5.41) is 0. The molecule has 0 amide bonds. The van der Waals surface area contributed by atoms with Gasteiger partial charge in [0.2, 0.25) is 16.0 Å². The van der Waals surface area contributed by atoms with Gasteiger partial charge in [0.05, 0.1) is 17.2 Å². The van der Waals surface area contributed by atoms with E-state index in [9.17, 15) is 8.42 Å². The highest BCUT2D eigenvalue weighted by Crippen LogP contribution is 2.25. The van der Waals surface area contributed by atoms with Gasteiger partial charge in [0.15, 0.2) is 0 Å². The van der Waals surface area contributed by atoms with E-state index in [1.54, 1.807) is 16.6 Å². The fourth-order valence-corrected chi connectivity index (χ4v) is 5.53. The van der Waals surface area contributed by atoms with Gasteiger partial charge in [-0.3, -0.25) is 0 Å². The fraction of sp³-hybridized carbons (Fsp3) is 0.333. The quantitative estimate of drug-likeness (QED) is 0.568. The molecule has 0 bridgehead atoms. The van der Waals surface area contributed by atoms with Gasteiger partial charge in [-0.1, -0.05) is 12.1 Å². The summed E-state index contributed by atoms with van der Waals surface area (Å²) in [5.74, 6) is 1.44. The summed E-state index contributed by atoms with van der Waals surface area (Å²) in [6.07, 6.45) is 1.74. The average Bonchev–Trinajstić information content (AvgIpc) is 2.81. The lowest BCUT2D eigenvalue weighted by Gasteiger charge is -2.34. The number of hydrogen-bond acceptors (Lipinski definition) is 6. The number of ether oxygens (including phenoxy) is 1. The topological polar surface area (TPSA) is 75.6 Å². The van der Waals surface area contributed by atoms with Gasteiger partial charge in [-0.05, 0) is 68.3 Å². The van der Waals surface area contributed by atoms with Crippen LogP contribution in [0.1, 0.15) is 18.1 Å². The number of nitrogens with zero attached hydrogens (tertiary/aromatic N) is 4. The van der Waals surface area contributed by atoms with Crippen LogP contribution in [-0.4, -0.2) is 55.5 Å². The molecule has 8 heteroatoms. The van der Waals surface area contributed by atoms with E-state index >= 15 is 0 Å². The molecule has 1 saturated heterocycles. The Morgan fingerprint density at radius 2 is 1.69 bits per heavy atom. The van der Waals surface area contributed by atoms with Crippen LogP contribution in [0.15, 0.2) is 59.6 Å². The number of sulfonamides is 1. The molecule has 0 aliphatic carbocycles. The van der Waals surface area contributed by atoms with Crippen LogP contribution in [0.2, 0.25) is 0 Å². The molecule has 0 unspecified atom stereocenters. The van der Waals surface area contributed by atoms with Crippen LogP contribution in [0.25, 0.3) is 11.3 Å². The van der Waals surface area contributed by atoms with Crippen LogP contribution < -0.4 is 9.64 Å². The van der Waals surface area contributed by atoms with Crippen molar-refractivity contribution < 1.29 is 13.2 Å². The Kier molecular flexibility index (Phi) is 6.43. The van der Waals surface area contributed by atoms with E-state index in [4.69, 9.17) is 9.72 Å². The maximum atomic E-state index is 13.2. The molecule has 3 aromatic rings. The molecule has 0 radical (unpaired) electrons. The summed E-state index contributed by atoms with van der Waals surface area (Å²) >= 11 is 0. The molecule has 0 spiro atoms. The molecule has 1 aromatic heterocycles. The number of hydrogen-bond donors (Lipinski definition) is 0. The van der Waals surface area contributed by atoms with Gasteiger partial charge in [0, 0.05) is 37.9 Å². The summed E-state index contributed by atoms with van der Waals surface area (Å²) in [6, 6.07) is 15.2. The molecule has 32 heavy (non-hydrogen) atoms. The zero-order chi connectivity index (χ0) is 22.7. The summed E-state index contributed by atoms with van der Waals surface area (Å²) in [4.78, 5) is 11.6. The van der Waals surface area contributed by atoms with Crippen molar-refractivity contribution in [3.8, 4) is 17.0 Å². The van der Waals surface area contributed by atoms with Gasteiger partial charge in [0.25, 0.3) is 0 Å². The number of benzene rings is 2. The second kappa shape index (κ2) is 9.26. The predicted octanol–water partition coefficient (Wildman–Crippen LogP) is 3.67. The summed E-state index contributed by atoms with van der Waals surface area (Å²) < 4.78 is 33.4. The number of aryl methyl sites for hydroxylation is 2. The van der Waals surface area contributed by atoms with Gasteiger partial charge in [-0.15, -0.1) is 0 Å². The molecule has 0 N–H and O–H groups in total. The Morgan fingerprint density at radius 1 is 0.969 bits per heavy atom. The van der Waals surface area contributed by atoms with Crippen LogP contribution in [-0.2, 0) is 10.0 Å². The van der Waals surface area contributed by atoms with E-state index in [0.717, 1.165) is 28.1 Å². The van der Waals surface area contributed by atoms with Crippen molar-refractivity contribution in [1.82, 2.24) is 14.3 Å². The standard InChI is InChI=1S/C24H28N4O3S/c1-4-31-21-9-7-20(8-10-21)22-11-12-25-24(26-22)27-13-15-28(16-14-27)32(29,30)23-17-18(2)5-6-19(23)3/h5-12,17H,4,13-16H2,1-3H3. The third-order valence-electron chi connectivity index (χ3n) is 5.59. The van der Waals surface area contributed by atoms with E-state index in [1.165, 1.54) is 0 Å². The van der Waals surface area contributed by atoms with Crippen molar-refractivity contribution in [2.75, 3.05) is 37.7 Å². The summed E-state index contributed by atoms with van der Waals surface area (Å²) in [6.45, 7) is 8.19. The highest BCUT2D eigenvalue weighted by atomic mass is 32.2. The largest absolute Gasteiger partial charge is 0.494 e. The van der Waals surface area contributed by atoms with Crippen molar-refractivity contribution in [2.24, 2.45) is 0 Å². The van der Waals surface area contributed by atoms with Gasteiger partial charge >= 0.3 is 0 Å². The monoisotopic (exact) mass is 452 g/mol. The van der Waals surface area contributed by atoms with E-state index in [1.807, 2.05) is 68.1 Å². The Morgan fingerprint density at radius 3 is 2.38 bits per heavy atom. The van der Waals surface area contributed by atoms with Gasteiger partial charge < -0.3 is 9.64 Å². The molecule has 0 saturated carbocycles. The predicted molar refractivity (Wildman–Crippen MR) is 126 cm³/mol. The minimum Gasteiger partial charge on any atom is -0.494 e. The first-order valence-corrected chi connectivity index (χ1v) is 12.2. The molecule has 2 heterocycles. The third-order valence-corrected chi connectivity index (χ3v) is 7.63. The molecule has 0 atom stereocenters. The minimum atomic E-state index is -3.53. The van der Waals surface area contributed by atoms with Crippen molar-refractivity contribution in [1.29, 1.82) is 0 Å². The van der Waals surface area contributed by atoms with Crippen LogP contribution >= 0.6 is 0 Å². The van der Waals surface area contributed by atoms with E-state index < -0.39 is 10.0 Å². The Labute approximate surface area is 189 Å². The van der Waals surface area contributed by atoms with E-state index in [2.05, 4.69) is 4.98 Å². The van der Waals surface area contributed by atoms with E-state index in [0.29, 0.717) is 43.6 Å². The lowest BCUT2D eigenvalue weighted by molar-refractivity contribution is 0.340. The molecule has 4 rings (SSSR count). The van der Waals surface area contributed by atoms with Gasteiger partial charge in [-0.25, -0.2) is 18.4 Å². The zero-order valence-electron chi connectivity index (χ0n) is 18.7. The molecule has 1 aliphatic rings. The van der Waals surface area contributed by atoms with Crippen LogP contribution in [0.3, 0.4) is 0 Å². The second-order valence-electron chi connectivity index (χ2n) is 7.86. The first-order valence-electron chi connectivity index (χ1n) is 10.8. The van der Waals surface area contributed by atoms with Gasteiger partial charge in [0.1, 0.15) is 5.75 Å². The number of anilines is 1. The molecule has 168 valence electrons. The molecule has 7 nitrogen and oxygen atoms in total.